The van der Waals surface area contributed by atoms with Crippen LogP contribution in [-0.2, 0) is 29.5 Å². The number of β-lactam (4-membered cyclic amide) rings is 1. The second-order valence-electron chi connectivity index (χ2n) is 7.04. The van der Waals surface area contributed by atoms with E-state index in [1.807, 2.05) is 0 Å². The van der Waals surface area contributed by atoms with E-state index in [-0.39, 0.29) is 47.0 Å². The number of urea groups is 1. The standard InChI is InChI=1S/C18H21N5O8S.Na.H/c1-2-21-8-9-22(17(27)16(21)26)18(28)20-13(11-6-4-3-5-7-11)14(24)19-12-10-23(15(12)25)32(29,30)31;;/h3-7,12-13H,2,8-10H2,1H3,(H,19,24)(H,20,28)(H,29,30,31);;. The molecule has 2 heterocycles. The summed E-state index contributed by atoms with van der Waals surface area (Å²) in [4.78, 5) is 63.8. The zero-order valence-corrected chi connectivity index (χ0v) is 17.7. The first-order valence-electron chi connectivity index (χ1n) is 9.60. The summed E-state index contributed by atoms with van der Waals surface area (Å²) in [5.74, 6) is -3.74. The predicted molar refractivity (Wildman–Crippen MR) is 114 cm³/mol. The Morgan fingerprint density at radius 1 is 1.12 bits per heavy atom. The van der Waals surface area contributed by atoms with Crippen LogP contribution in [0.3, 0.4) is 0 Å². The van der Waals surface area contributed by atoms with Crippen LogP contribution in [0.1, 0.15) is 18.5 Å². The van der Waals surface area contributed by atoms with Crippen molar-refractivity contribution < 1.29 is 36.9 Å². The maximum absolute atomic E-state index is 12.8. The van der Waals surface area contributed by atoms with Gasteiger partial charge >= 0.3 is 57.7 Å². The number of nitrogens with zero attached hydrogens (tertiary/aromatic N) is 3. The molecule has 2 atom stereocenters. The van der Waals surface area contributed by atoms with Gasteiger partial charge in [0.25, 0.3) is 5.91 Å². The molecule has 15 heteroatoms. The number of rotatable bonds is 6. The van der Waals surface area contributed by atoms with Crippen LogP contribution < -0.4 is 10.6 Å². The Morgan fingerprint density at radius 3 is 2.30 bits per heavy atom. The summed E-state index contributed by atoms with van der Waals surface area (Å²) in [6, 6.07) is 4.40. The molecule has 3 rings (SSSR count). The Hall–Kier alpha value is -2.52. The van der Waals surface area contributed by atoms with Gasteiger partial charge in [-0.25, -0.2) is 9.10 Å². The average molecular weight is 491 g/mol. The first-order valence-corrected chi connectivity index (χ1v) is 11.0. The predicted octanol–water partition coefficient (Wildman–Crippen LogP) is -2.39. The molecule has 13 nitrogen and oxygen atoms in total. The molecule has 0 aromatic heterocycles. The first-order chi connectivity index (χ1) is 15.0. The number of piperazine rings is 1. The molecular weight excluding hydrogens is 469 g/mol. The molecule has 174 valence electrons. The van der Waals surface area contributed by atoms with Crippen LogP contribution in [0.5, 0.6) is 0 Å². The third kappa shape index (κ3) is 5.70. The second-order valence-corrected chi connectivity index (χ2v) is 8.38. The maximum atomic E-state index is 12.8. The van der Waals surface area contributed by atoms with Crippen LogP contribution in [0.2, 0.25) is 0 Å². The summed E-state index contributed by atoms with van der Waals surface area (Å²) in [5, 5.41) is 4.70. The summed E-state index contributed by atoms with van der Waals surface area (Å²) in [6.45, 7) is 1.63. The number of nitrogens with one attached hydrogen (secondary N) is 2. The third-order valence-corrected chi connectivity index (χ3v) is 5.97. The van der Waals surface area contributed by atoms with E-state index in [0.717, 1.165) is 0 Å². The van der Waals surface area contributed by atoms with Crippen LogP contribution in [0.25, 0.3) is 0 Å². The fourth-order valence-corrected chi connectivity index (χ4v) is 3.97. The fourth-order valence-electron chi connectivity index (χ4n) is 3.28. The quantitative estimate of drug-likeness (QED) is 0.171. The van der Waals surface area contributed by atoms with Gasteiger partial charge in [0.15, 0.2) is 0 Å². The van der Waals surface area contributed by atoms with Gasteiger partial charge in [-0.05, 0) is 12.5 Å². The molecule has 0 saturated carbocycles. The van der Waals surface area contributed by atoms with Crippen LogP contribution in [0, 0.1) is 0 Å². The molecule has 0 spiro atoms. The van der Waals surface area contributed by atoms with E-state index >= 15 is 0 Å². The van der Waals surface area contributed by atoms with Gasteiger partial charge in [0.05, 0.1) is 6.54 Å². The Balaban J connectivity index is 0.00000385. The molecular formula is C18H22N5NaO8S. The van der Waals surface area contributed by atoms with Crippen LogP contribution in [0.4, 0.5) is 4.79 Å². The topological polar surface area (TPSA) is 173 Å². The Morgan fingerprint density at radius 2 is 1.76 bits per heavy atom. The van der Waals surface area contributed by atoms with Crippen molar-refractivity contribution in [1.82, 2.24) is 24.7 Å². The summed E-state index contributed by atoms with van der Waals surface area (Å²) in [7, 11) is -4.73. The number of benzene rings is 1. The molecule has 2 aliphatic heterocycles. The van der Waals surface area contributed by atoms with Gasteiger partial charge in [-0.1, -0.05) is 30.3 Å². The van der Waals surface area contributed by atoms with Gasteiger partial charge in [-0.3, -0.25) is 28.6 Å². The van der Waals surface area contributed by atoms with E-state index in [2.05, 4.69) is 10.6 Å². The van der Waals surface area contributed by atoms with Crippen LogP contribution in [0.15, 0.2) is 30.3 Å². The van der Waals surface area contributed by atoms with Crippen molar-refractivity contribution in [3.63, 3.8) is 0 Å². The molecule has 1 aromatic carbocycles. The van der Waals surface area contributed by atoms with E-state index in [1.54, 1.807) is 25.1 Å². The molecule has 2 fully saturated rings. The zero-order chi connectivity index (χ0) is 23.6. The number of carbonyl (C=O) groups excluding carboxylic acids is 5. The second kappa shape index (κ2) is 10.6. The number of hydrogen-bond acceptors (Lipinski definition) is 7. The van der Waals surface area contributed by atoms with E-state index in [1.165, 1.54) is 17.0 Å². The zero-order valence-electron chi connectivity index (χ0n) is 16.9. The Bertz CT molecular complexity index is 1070. The monoisotopic (exact) mass is 491 g/mol. The minimum atomic E-state index is -4.73. The number of amides is 6. The van der Waals surface area contributed by atoms with E-state index in [9.17, 15) is 32.4 Å². The number of carbonyl (C=O) groups is 5. The van der Waals surface area contributed by atoms with Crippen molar-refractivity contribution in [2.45, 2.75) is 19.0 Å². The number of imide groups is 1. The molecule has 2 aliphatic rings. The van der Waals surface area contributed by atoms with Gasteiger partial charge in [0, 0.05) is 19.6 Å². The van der Waals surface area contributed by atoms with Gasteiger partial charge in [0.2, 0.25) is 5.91 Å². The van der Waals surface area contributed by atoms with Gasteiger partial charge < -0.3 is 15.5 Å². The van der Waals surface area contributed by atoms with Crippen molar-refractivity contribution in [2.75, 3.05) is 26.2 Å². The van der Waals surface area contributed by atoms with Crippen molar-refractivity contribution in [3.8, 4) is 0 Å². The van der Waals surface area contributed by atoms with Crippen molar-refractivity contribution in [1.29, 1.82) is 0 Å². The van der Waals surface area contributed by atoms with E-state index in [0.29, 0.717) is 17.0 Å². The molecule has 0 radical (unpaired) electrons. The molecule has 3 N–H and O–H groups in total. The number of hydrogen-bond donors (Lipinski definition) is 3. The third-order valence-electron chi connectivity index (χ3n) is 5.09. The van der Waals surface area contributed by atoms with Crippen molar-refractivity contribution in [3.05, 3.63) is 35.9 Å². The van der Waals surface area contributed by atoms with Gasteiger partial charge in [-0.15, -0.1) is 0 Å². The van der Waals surface area contributed by atoms with E-state index < -0.39 is 58.6 Å². The molecule has 2 saturated heterocycles. The van der Waals surface area contributed by atoms with Crippen molar-refractivity contribution in [2.24, 2.45) is 0 Å². The summed E-state index contributed by atoms with van der Waals surface area (Å²) in [5.41, 5.74) is 0.322. The minimum absolute atomic E-state index is 0. The molecule has 0 aliphatic carbocycles. The molecule has 0 bridgehead atoms. The van der Waals surface area contributed by atoms with Crippen LogP contribution in [-0.4, -0.2) is 119 Å². The molecule has 6 amide bonds. The normalized spacial score (nSPS) is 19.4. The van der Waals surface area contributed by atoms with Crippen molar-refractivity contribution >= 4 is 69.5 Å². The molecule has 2 unspecified atom stereocenters. The van der Waals surface area contributed by atoms with Gasteiger partial charge in [-0.2, -0.15) is 8.42 Å². The summed E-state index contributed by atoms with van der Waals surface area (Å²) < 4.78 is 31.2. The first kappa shape index (κ1) is 26.7. The SMILES string of the molecule is CCN1CCN(C(=O)NC(C(=O)NC2CN(S(=O)(=O)O)C2=O)c2ccccc2)C(=O)C1=O.[NaH]. The number of likely N-dealkylation sites (N-methyl/N-ethyl adjacent to an activating group) is 1. The van der Waals surface area contributed by atoms with E-state index in [4.69, 9.17) is 4.55 Å². The summed E-state index contributed by atoms with van der Waals surface area (Å²) >= 11 is 0. The molecule has 33 heavy (non-hydrogen) atoms. The molecule has 1 aromatic rings. The Labute approximate surface area is 211 Å². The summed E-state index contributed by atoms with van der Waals surface area (Å²) in [6.07, 6.45) is 0. The van der Waals surface area contributed by atoms with Gasteiger partial charge in [0.1, 0.15) is 12.1 Å². The van der Waals surface area contributed by atoms with Crippen LogP contribution >= 0.6 is 0 Å². The average Bonchev–Trinajstić information content (AvgIpc) is 2.75. The Kier molecular flexibility index (Phi) is 8.59. The fraction of sp³-hybridized carbons (Fsp3) is 0.389.